The Hall–Kier alpha value is -2.79. The predicted molar refractivity (Wildman–Crippen MR) is 98.5 cm³/mol. The quantitative estimate of drug-likeness (QED) is 0.410. The highest BCUT2D eigenvalue weighted by atomic mass is 16.6. The van der Waals surface area contributed by atoms with E-state index in [1.165, 1.54) is 17.2 Å². The maximum absolute atomic E-state index is 10.2. The molecule has 3 aromatic rings. The number of aliphatic hydroxyl groups excluding tert-OH is 3. The molecule has 5 N–H and O–H groups in total. The SMILES string of the molecule is Cc1ccc(O)c(CNc2ncnc3c2ncn3[C@@H]2O[C@H](CO)[C@@H](O)[C@H]2O)c1. The number of benzene rings is 1. The number of nitrogens with zero attached hydrogens (tertiary/aromatic N) is 4. The molecule has 4 rings (SSSR count). The topological polar surface area (TPSA) is 146 Å². The van der Waals surface area contributed by atoms with Gasteiger partial charge in [-0.05, 0) is 13.0 Å². The zero-order valence-electron chi connectivity index (χ0n) is 15.1. The minimum atomic E-state index is -1.23. The highest BCUT2D eigenvalue weighted by Gasteiger charge is 2.44. The maximum atomic E-state index is 10.2. The molecule has 28 heavy (non-hydrogen) atoms. The molecule has 1 aromatic carbocycles. The summed E-state index contributed by atoms with van der Waals surface area (Å²) in [7, 11) is 0. The largest absolute Gasteiger partial charge is 0.508 e. The van der Waals surface area contributed by atoms with E-state index in [-0.39, 0.29) is 5.75 Å². The van der Waals surface area contributed by atoms with Crippen molar-refractivity contribution in [2.45, 2.75) is 38.0 Å². The summed E-state index contributed by atoms with van der Waals surface area (Å²) in [6.45, 7) is 1.86. The molecule has 0 radical (unpaired) electrons. The Morgan fingerprint density at radius 2 is 2.00 bits per heavy atom. The lowest BCUT2D eigenvalue weighted by Crippen LogP contribution is -2.33. The average molecular weight is 387 g/mol. The van der Waals surface area contributed by atoms with Gasteiger partial charge in [0.15, 0.2) is 23.2 Å². The van der Waals surface area contributed by atoms with E-state index in [0.29, 0.717) is 23.5 Å². The van der Waals surface area contributed by atoms with Gasteiger partial charge < -0.3 is 30.5 Å². The first kappa shape index (κ1) is 18.6. The van der Waals surface area contributed by atoms with Crippen LogP contribution in [0.4, 0.5) is 5.82 Å². The van der Waals surface area contributed by atoms with Crippen LogP contribution in [-0.2, 0) is 11.3 Å². The van der Waals surface area contributed by atoms with Crippen molar-refractivity contribution in [2.24, 2.45) is 0 Å². The van der Waals surface area contributed by atoms with Gasteiger partial charge in [-0.15, -0.1) is 0 Å². The summed E-state index contributed by atoms with van der Waals surface area (Å²) in [5.74, 6) is 0.636. The van der Waals surface area contributed by atoms with Crippen LogP contribution in [0.25, 0.3) is 11.2 Å². The molecular formula is C18H21N5O5. The molecule has 1 saturated heterocycles. The number of aryl methyl sites for hydroxylation is 1. The van der Waals surface area contributed by atoms with Crippen LogP contribution in [0.3, 0.4) is 0 Å². The first-order chi connectivity index (χ1) is 13.5. The van der Waals surface area contributed by atoms with E-state index < -0.39 is 31.1 Å². The van der Waals surface area contributed by atoms with Crippen molar-refractivity contribution >= 4 is 17.0 Å². The number of phenols is 1. The zero-order chi connectivity index (χ0) is 19.8. The number of aromatic hydroxyl groups is 1. The van der Waals surface area contributed by atoms with E-state index in [4.69, 9.17) is 4.74 Å². The highest BCUT2D eigenvalue weighted by Crippen LogP contribution is 2.32. The van der Waals surface area contributed by atoms with E-state index in [9.17, 15) is 20.4 Å². The van der Waals surface area contributed by atoms with Gasteiger partial charge in [-0.25, -0.2) is 15.0 Å². The second-order valence-corrected chi connectivity index (χ2v) is 6.76. The fourth-order valence-electron chi connectivity index (χ4n) is 3.31. The summed E-state index contributed by atoms with van der Waals surface area (Å²) in [5.41, 5.74) is 2.60. The number of hydrogen-bond donors (Lipinski definition) is 5. The van der Waals surface area contributed by atoms with E-state index >= 15 is 0 Å². The number of nitrogens with one attached hydrogen (secondary N) is 1. The summed E-state index contributed by atoms with van der Waals surface area (Å²) in [6, 6.07) is 5.33. The lowest BCUT2D eigenvalue weighted by molar-refractivity contribution is -0.0511. The first-order valence-electron chi connectivity index (χ1n) is 8.82. The van der Waals surface area contributed by atoms with E-state index in [1.807, 2.05) is 19.1 Å². The molecule has 0 amide bonds. The van der Waals surface area contributed by atoms with Gasteiger partial charge in [0.25, 0.3) is 0 Å². The number of aliphatic hydroxyl groups is 3. The van der Waals surface area contributed by atoms with Crippen molar-refractivity contribution in [3.63, 3.8) is 0 Å². The lowest BCUT2D eigenvalue weighted by atomic mass is 10.1. The number of anilines is 1. The van der Waals surface area contributed by atoms with Gasteiger partial charge in [-0.3, -0.25) is 4.57 Å². The van der Waals surface area contributed by atoms with Gasteiger partial charge in [-0.1, -0.05) is 17.7 Å². The molecule has 0 spiro atoms. The minimum Gasteiger partial charge on any atom is -0.508 e. The molecule has 10 nitrogen and oxygen atoms in total. The standard InChI is InChI=1S/C18H21N5O5/c1-9-2-3-11(25)10(4-9)5-19-16-13-17(21-7-20-16)23(8-22-13)18-15(27)14(26)12(6-24)28-18/h2-4,7-8,12,14-15,18,24-27H,5-6H2,1H3,(H,19,20,21)/t12-,14-,15-,18-/m1/s1. The number of phenolic OH excluding ortho intramolecular Hbond substituents is 1. The van der Waals surface area contributed by atoms with Crippen molar-refractivity contribution in [3.05, 3.63) is 42.0 Å². The Labute approximate surface area is 160 Å². The molecule has 1 aliphatic rings. The summed E-state index contributed by atoms with van der Waals surface area (Å²) >= 11 is 0. The molecule has 10 heteroatoms. The van der Waals surface area contributed by atoms with Crippen LogP contribution in [0.1, 0.15) is 17.4 Å². The molecule has 0 saturated carbocycles. The van der Waals surface area contributed by atoms with Crippen molar-refractivity contribution in [1.82, 2.24) is 19.5 Å². The molecule has 0 bridgehead atoms. The summed E-state index contributed by atoms with van der Waals surface area (Å²) in [6.07, 6.45) is -1.47. The summed E-state index contributed by atoms with van der Waals surface area (Å²) in [4.78, 5) is 12.7. The Morgan fingerprint density at radius 1 is 1.18 bits per heavy atom. The molecule has 0 unspecified atom stereocenters. The molecule has 1 fully saturated rings. The van der Waals surface area contributed by atoms with Gasteiger partial charge in [0.1, 0.15) is 30.4 Å². The number of ether oxygens (including phenoxy) is 1. The normalized spacial score (nSPS) is 24.7. The van der Waals surface area contributed by atoms with Crippen LogP contribution in [0.15, 0.2) is 30.9 Å². The van der Waals surface area contributed by atoms with Crippen LogP contribution in [0.5, 0.6) is 5.75 Å². The van der Waals surface area contributed by atoms with Crippen molar-refractivity contribution in [2.75, 3.05) is 11.9 Å². The fraction of sp³-hybridized carbons (Fsp3) is 0.389. The summed E-state index contributed by atoms with van der Waals surface area (Å²) < 4.78 is 7.04. The third kappa shape index (κ3) is 3.16. The number of fused-ring (bicyclic) bond motifs is 1. The van der Waals surface area contributed by atoms with Gasteiger partial charge in [0.2, 0.25) is 0 Å². The smallest absolute Gasteiger partial charge is 0.167 e. The van der Waals surface area contributed by atoms with E-state index in [0.717, 1.165) is 11.1 Å². The predicted octanol–water partition coefficient (Wildman–Crippen LogP) is 0.0639. The van der Waals surface area contributed by atoms with Gasteiger partial charge >= 0.3 is 0 Å². The number of rotatable bonds is 5. The molecule has 148 valence electrons. The Balaban J connectivity index is 1.61. The fourth-order valence-corrected chi connectivity index (χ4v) is 3.31. The average Bonchev–Trinajstić information content (AvgIpc) is 3.24. The van der Waals surface area contributed by atoms with Gasteiger partial charge in [-0.2, -0.15) is 0 Å². The van der Waals surface area contributed by atoms with E-state index in [2.05, 4.69) is 20.3 Å². The summed E-state index contributed by atoms with van der Waals surface area (Å²) in [5, 5.41) is 42.6. The van der Waals surface area contributed by atoms with Crippen LogP contribution in [0.2, 0.25) is 0 Å². The molecule has 2 aromatic heterocycles. The van der Waals surface area contributed by atoms with Crippen molar-refractivity contribution in [3.8, 4) is 5.75 Å². The Kier molecular flexibility index (Phi) is 4.85. The second kappa shape index (κ2) is 7.32. The molecule has 4 atom stereocenters. The lowest BCUT2D eigenvalue weighted by Gasteiger charge is -2.16. The first-order valence-corrected chi connectivity index (χ1v) is 8.82. The molecule has 3 heterocycles. The van der Waals surface area contributed by atoms with Crippen molar-refractivity contribution < 1.29 is 25.2 Å². The monoisotopic (exact) mass is 387 g/mol. The number of hydrogen-bond acceptors (Lipinski definition) is 9. The molecular weight excluding hydrogens is 366 g/mol. The molecule has 1 aliphatic heterocycles. The minimum absolute atomic E-state index is 0.181. The second-order valence-electron chi connectivity index (χ2n) is 6.76. The van der Waals surface area contributed by atoms with Crippen LogP contribution in [-0.4, -0.2) is 64.9 Å². The third-order valence-electron chi connectivity index (χ3n) is 4.83. The number of imidazole rings is 1. The third-order valence-corrected chi connectivity index (χ3v) is 4.83. The van der Waals surface area contributed by atoms with E-state index in [1.54, 1.807) is 6.07 Å². The van der Waals surface area contributed by atoms with Crippen LogP contribution in [0, 0.1) is 6.92 Å². The Bertz CT molecular complexity index is 994. The van der Waals surface area contributed by atoms with Crippen LogP contribution >= 0.6 is 0 Å². The molecule has 0 aliphatic carbocycles. The maximum Gasteiger partial charge on any atom is 0.167 e. The zero-order valence-corrected chi connectivity index (χ0v) is 15.1. The van der Waals surface area contributed by atoms with Crippen LogP contribution < -0.4 is 5.32 Å². The van der Waals surface area contributed by atoms with Gasteiger partial charge in [0.05, 0.1) is 12.9 Å². The number of aromatic nitrogens is 4. The van der Waals surface area contributed by atoms with Gasteiger partial charge in [0, 0.05) is 12.1 Å². The van der Waals surface area contributed by atoms with Crippen molar-refractivity contribution in [1.29, 1.82) is 0 Å². The Morgan fingerprint density at radius 3 is 2.75 bits per heavy atom. The highest BCUT2D eigenvalue weighted by molar-refractivity contribution is 5.82.